The quantitative estimate of drug-likeness (QED) is 0.742. The van der Waals surface area contributed by atoms with Gasteiger partial charge in [-0.05, 0) is 19.3 Å². The van der Waals surface area contributed by atoms with Crippen LogP contribution in [0.3, 0.4) is 0 Å². The zero-order valence-corrected chi connectivity index (χ0v) is 10.3. The van der Waals surface area contributed by atoms with Gasteiger partial charge in [0.2, 0.25) is 0 Å². The lowest BCUT2D eigenvalue weighted by atomic mass is 10.3. The van der Waals surface area contributed by atoms with Crippen molar-refractivity contribution in [1.82, 2.24) is 8.61 Å². The maximum Gasteiger partial charge on any atom is 0.282 e. The third kappa shape index (κ3) is 2.62. The highest BCUT2D eigenvalue weighted by molar-refractivity contribution is 7.86. The lowest BCUT2D eigenvalue weighted by Gasteiger charge is -2.22. The molecule has 15 heavy (non-hydrogen) atoms. The predicted molar refractivity (Wildman–Crippen MR) is 61.1 cm³/mol. The van der Waals surface area contributed by atoms with E-state index in [2.05, 4.69) is 0 Å². The summed E-state index contributed by atoms with van der Waals surface area (Å²) in [7, 11) is -3.18. The van der Waals surface area contributed by atoms with Crippen LogP contribution in [0.4, 0.5) is 0 Å². The van der Waals surface area contributed by atoms with E-state index < -0.39 is 10.2 Å². The minimum absolute atomic E-state index is 0. The molecule has 0 radical (unpaired) electrons. The Morgan fingerprint density at radius 3 is 2.13 bits per heavy atom. The molecule has 0 saturated carbocycles. The molecule has 5 nitrogen and oxygen atoms in total. The van der Waals surface area contributed by atoms with Gasteiger partial charge in [-0.1, -0.05) is 0 Å². The molecule has 7 heteroatoms. The van der Waals surface area contributed by atoms with Crippen LogP contribution in [0.1, 0.15) is 19.3 Å². The minimum atomic E-state index is -3.18. The summed E-state index contributed by atoms with van der Waals surface area (Å²) in [5.41, 5.74) is 5.70. The fourth-order valence-corrected chi connectivity index (χ4v) is 3.81. The lowest BCUT2D eigenvalue weighted by molar-refractivity contribution is 0.395. The van der Waals surface area contributed by atoms with Gasteiger partial charge in [0.1, 0.15) is 0 Å². The summed E-state index contributed by atoms with van der Waals surface area (Å²) in [6, 6.07) is 0.0207. The Hall–Kier alpha value is 0.120. The van der Waals surface area contributed by atoms with Crippen LogP contribution in [0, 0.1) is 0 Å². The second-order valence-electron chi connectivity index (χ2n) is 4.02. The monoisotopic (exact) mass is 255 g/mol. The summed E-state index contributed by atoms with van der Waals surface area (Å²) in [5.74, 6) is 0. The number of hydrogen-bond donors (Lipinski definition) is 1. The van der Waals surface area contributed by atoms with Crippen LogP contribution in [0.15, 0.2) is 0 Å². The van der Waals surface area contributed by atoms with Gasteiger partial charge in [-0.2, -0.15) is 17.0 Å². The molecule has 0 unspecified atom stereocenters. The van der Waals surface area contributed by atoms with Gasteiger partial charge in [0.05, 0.1) is 0 Å². The van der Waals surface area contributed by atoms with Crippen molar-refractivity contribution >= 4 is 22.6 Å². The molecule has 90 valence electrons. The van der Waals surface area contributed by atoms with Gasteiger partial charge in [-0.15, -0.1) is 12.4 Å². The van der Waals surface area contributed by atoms with Gasteiger partial charge in [-0.3, -0.25) is 0 Å². The Morgan fingerprint density at radius 1 is 1.07 bits per heavy atom. The molecule has 2 aliphatic heterocycles. The van der Waals surface area contributed by atoms with E-state index in [1.165, 1.54) is 4.31 Å². The van der Waals surface area contributed by atoms with E-state index in [9.17, 15) is 8.42 Å². The molecule has 0 aliphatic carbocycles. The van der Waals surface area contributed by atoms with Gasteiger partial charge in [-0.25, -0.2) is 0 Å². The Morgan fingerprint density at radius 2 is 1.67 bits per heavy atom. The van der Waals surface area contributed by atoms with Crippen LogP contribution in [0.25, 0.3) is 0 Å². The van der Waals surface area contributed by atoms with Crippen molar-refractivity contribution < 1.29 is 8.42 Å². The standard InChI is InChI=1S/C8H17N3O2S.ClH/c9-8-3-6-11(7-8)14(12,13)10-4-1-2-5-10;/h8H,1-7,9H2;1H/t8-;/m1./s1. The first-order chi connectivity index (χ1) is 6.60. The van der Waals surface area contributed by atoms with Crippen LogP contribution < -0.4 is 5.73 Å². The second kappa shape index (κ2) is 4.97. The largest absolute Gasteiger partial charge is 0.326 e. The zero-order valence-electron chi connectivity index (χ0n) is 8.63. The fourth-order valence-electron chi connectivity index (χ4n) is 2.05. The summed E-state index contributed by atoms with van der Waals surface area (Å²) >= 11 is 0. The molecule has 2 rings (SSSR count). The third-order valence-electron chi connectivity index (χ3n) is 2.91. The molecular formula is C8H18ClN3O2S. The van der Waals surface area contributed by atoms with Gasteiger partial charge in [0.15, 0.2) is 0 Å². The van der Waals surface area contributed by atoms with Crippen LogP contribution in [-0.4, -0.2) is 49.2 Å². The topological polar surface area (TPSA) is 66.6 Å². The van der Waals surface area contributed by atoms with E-state index in [0.717, 1.165) is 19.3 Å². The van der Waals surface area contributed by atoms with Crippen molar-refractivity contribution in [2.75, 3.05) is 26.2 Å². The van der Waals surface area contributed by atoms with Crippen molar-refractivity contribution in [3.63, 3.8) is 0 Å². The SMILES string of the molecule is Cl.N[C@@H]1CCN(S(=O)(=O)N2CCCC2)C1. The Balaban J connectivity index is 0.00000112. The van der Waals surface area contributed by atoms with Crippen LogP contribution >= 0.6 is 12.4 Å². The zero-order chi connectivity index (χ0) is 10.2. The highest BCUT2D eigenvalue weighted by Gasteiger charge is 2.35. The van der Waals surface area contributed by atoms with Gasteiger partial charge in [0, 0.05) is 32.2 Å². The summed E-state index contributed by atoms with van der Waals surface area (Å²) in [6.07, 6.45) is 2.76. The first-order valence-corrected chi connectivity index (χ1v) is 6.51. The number of nitrogens with zero attached hydrogens (tertiary/aromatic N) is 2. The molecule has 0 amide bonds. The maximum absolute atomic E-state index is 12.0. The van der Waals surface area contributed by atoms with E-state index >= 15 is 0 Å². The Kier molecular flexibility index (Phi) is 4.37. The van der Waals surface area contributed by atoms with E-state index in [1.54, 1.807) is 4.31 Å². The van der Waals surface area contributed by atoms with E-state index in [0.29, 0.717) is 26.2 Å². The third-order valence-corrected chi connectivity index (χ3v) is 4.91. The van der Waals surface area contributed by atoms with Gasteiger partial charge < -0.3 is 5.73 Å². The maximum atomic E-state index is 12.0. The molecular weight excluding hydrogens is 238 g/mol. The van der Waals surface area contributed by atoms with Crippen LogP contribution in [0.5, 0.6) is 0 Å². The summed E-state index contributed by atoms with van der Waals surface area (Å²) in [4.78, 5) is 0. The molecule has 2 saturated heterocycles. The van der Waals surface area contributed by atoms with Crippen molar-refractivity contribution in [3.05, 3.63) is 0 Å². The number of halogens is 1. The molecule has 0 aromatic heterocycles. The average Bonchev–Trinajstić information content (AvgIpc) is 2.72. The van der Waals surface area contributed by atoms with E-state index in [1.807, 2.05) is 0 Å². The molecule has 0 aromatic rings. The van der Waals surface area contributed by atoms with Crippen LogP contribution in [-0.2, 0) is 10.2 Å². The van der Waals surface area contributed by atoms with Gasteiger partial charge in [0.25, 0.3) is 10.2 Å². The summed E-state index contributed by atoms with van der Waals surface area (Å²) in [6.45, 7) is 2.42. The molecule has 1 atom stereocenters. The number of hydrogen-bond acceptors (Lipinski definition) is 3. The first kappa shape index (κ1) is 13.2. The molecule has 0 spiro atoms. The van der Waals surface area contributed by atoms with Crippen molar-refractivity contribution in [3.8, 4) is 0 Å². The molecule has 2 N–H and O–H groups in total. The second-order valence-corrected chi connectivity index (χ2v) is 5.95. The highest BCUT2D eigenvalue weighted by atomic mass is 35.5. The van der Waals surface area contributed by atoms with E-state index in [4.69, 9.17) is 5.73 Å². The fraction of sp³-hybridized carbons (Fsp3) is 1.00. The van der Waals surface area contributed by atoms with Crippen LogP contribution in [0.2, 0.25) is 0 Å². The molecule has 2 heterocycles. The number of nitrogens with two attached hydrogens (primary N) is 1. The lowest BCUT2D eigenvalue weighted by Crippen LogP contribution is -2.42. The van der Waals surface area contributed by atoms with E-state index in [-0.39, 0.29) is 18.4 Å². The minimum Gasteiger partial charge on any atom is -0.326 e. The Bertz CT molecular complexity index is 303. The summed E-state index contributed by atoms with van der Waals surface area (Å²) in [5, 5.41) is 0. The Labute approximate surface area is 97.2 Å². The van der Waals surface area contributed by atoms with Gasteiger partial charge >= 0.3 is 0 Å². The highest BCUT2D eigenvalue weighted by Crippen LogP contribution is 2.20. The predicted octanol–water partition coefficient (Wildman–Crippen LogP) is -0.218. The normalized spacial score (nSPS) is 29.3. The van der Waals surface area contributed by atoms with Crippen molar-refractivity contribution in [1.29, 1.82) is 0 Å². The van der Waals surface area contributed by atoms with Crippen molar-refractivity contribution in [2.45, 2.75) is 25.3 Å². The molecule has 2 aliphatic rings. The smallest absolute Gasteiger partial charge is 0.282 e. The number of rotatable bonds is 2. The molecule has 2 fully saturated rings. The molecule has 0 bridgehead atoms. The molecule has 0 aromatic carbocycles. The summed E-state index contributed by atoms with van der Waals surface area (Å²) < 4.78 is 27.0. The first-order valence-electron chi connectivity index (χ1n) is 5.11. The van der Waals surface area contributed by atoms with Crippen molar-refractivity contribution in [2.24, 2.45) is 5.73 Å². The average molecular weight is 256 g/mol.